The maximum Gasteiger partial charge on any atom is 0.198 e. The number of ketones is 2. The Balaban J connectivity index is 1.72. The van der Waals surface area contributed by atoms with E-state index >= 15 is 0 Å². The van der Waals surface area contributed by atoms with Crippen LogP contribution in [0.15, 0.2) is 23.8 Å². The molecule has 2 saturated carbocycles. The molecule has 0 saturated heterocycles. The summed E-state index contributed by atoms with van der Waals surface area (Å²) in [6.45, 7) is 0.582. The van der Waals surface area contributed by atoms with Crippen LogP contribution in [0.5, 0.6) is 0 Å². The van der Waals surface area contributed by atoms with Crippen LogP contribution in [-0.2, 0) is 9.59 Å². The maximum atomic E-state index is 13.1. The number of rotatable bonds is 2. The second-order valence-electron chi connectivity index (χ2n) is 8.49. The molecule has 25 heavy (non-hydrogen) atoms. The fraction of sp³-hybridized carbons (Fsp3) is 0.700. The van der Waals surface area contributed by atoms with Gasteiger partial charge in [0.2, 0.25) is 0 Å². The highest BCUT2D eigenvalue weighted by Crippen LogP contribution is 2.63. The van der Waals surface area contributed by atoms with Gasteiger partial charge in [-0.05, 0) is 61.0 Å². The average molecular weight is 348 g/mol. The number of hydrogen-bond donors (Lipinski definition) is 2. The van der Waals surface area contributed by atoms with Crippen LogP contribution in [0.3, 0.4) is 0 Å². The number of aliphatic hydroxyl groups excluding tert-OH is 1. The fourth-order valence-corrected chi connectivity index (χ4v) is 6.29. The minimum absolute atomic E-state index is 0.0582. The van der Waals surface area contributed by atoms with Gasteiger partial charge in [-0.25, -0.2) is 4.39 Å². The molecule has 7 atom stereocenters. The fourth-order valence-electron chi connectivity index (χ4n) is 6.29. The van der Waals surface area contributed by atoms with Crippen molar-refractivity contribution in [1.29, 1.82) is 0 Å². The van der Waals surface area contributed by atoms with Crippen LogP contribution in [0.4, 0.5) is 4.39 Å². The van der Waals surface area contributed by atoms with E-state index < -0.39 is 29.6 Å². The summed E-state index contributed by atoms with van der Waals surface area (Å²) in [4.78, 5) is 23.9. The lowest BCUT2D eigenvalue weighted by atomic mass is 9.52. The smallest absolute Gasteiger partial charge is 0.198 e. The van der Waals surface area contributed by atoms with Gasteiger partial charge < -0.3 is 10.2 Å². The normalized spacial score (nSPS) is 48.4. The molecule has 0 radical (unpaired) electrons. The zero-order valence-electron chi connectivity index (χ0n) is 14.5. The number of alkyl halides is 1. The predicted molar refractivity (Wildman–Crippen MR) is 89.3 cm³/mol. The highest BCUT2D eigenvalue weighted by Gasteiger charge is 2.68. The van der Waals surface area contributed by atoms with Gasteiger partial charge in [0, 0.05) is 11.8 Å². The maximum absolute atomic E-state index is 13.1. The van der Waals surface area contributed by atoms with Crippen molar-refractivity contribution in [1.82, 2.24) is 0 Å². The molecule has 5 heteroatoms. The number of fused-ring (bicyclic) bond motifs is 5. The van der Waals surface area contributed by atoms with Crippen LogP contribution >= 0.6 is 0 Å². The van der Waals surface area contributed by atoms with Crippen molar-refractivity contribution in [3.8, 4) is 0 Å². The summed E-state index contributed by atoms with van der Waals surface area (Å²) in [6.07, 6.45) is 7.76. The number of halogens is 1. The van der Waals surface area contributed by atoms with Crippen molar-refractivity contribution in [3.63, 3.8) is 0 Å². The van der Waals surface area contributed by atoms with Gasteiger partial charge in [-0.3, -0.25) is 9.59 Å². The van der Waals surface area contributed by atoms with Gasteiger partial charge >= 0.3 is 0 Å². The first-order valence-electron chi connectivity index (χ1n) is 9.25. The van der Waals surface area contributed by atoms with E-state index in [9.17, 15) is 24.2 Å². The molecule has 4 aliphatic rings. The Kier molecular flexibility index (Phi) is 3.82. The standard InChI is InChI=1S/C20H25FO4/c1-19-7-6-14-13-5-3-12(22)8-11(13)2-4-15(14)16(19)9-17(23)20(19,25)18(24)10-21/h2,4,8,13-17,23,25H,3,5-7,9-10H2,1H3/t13-,14+,15+,16-,17+,19-,20-/m0/s1. The van der Waals surface area contributed by atoms with Gasteiger partial charge in [-0.15, -0.1) is 0 Å². The third kappa shape index (κ3) is 2.12. The van der Waals surface area contributed by atoms with Crippen LogP contribution in [0, 0.1) is 29.1 Å². The quantitative estimate of drug-likeness (QED) is 0.802. The number of carbonyl (C=O) groups is 2. The van der Waals surface area contributed by atoms with Gasteiger partial charge in [-0.1, -0.05) is 19.1 Å². The van der Waals surface area contributed by atoms with E-state index in [0.29, 0.717) is 31.1 Å². The lowest BCUT2D eigenvalue weighted by molar-refractivity contribution is -0.172. The first-order valence-corrected chi connectivity index (χ1v) is 9.25. The Morgan fingerprint density at radius 3 is 2.88 bits per heavy atom. The highest BCUT2D eigenvalue weighted by atomic mass is 19.1. The van der Waals surface area contributed by atoms with E-state index in [-0.39, 0.29) is 17.6 Å². The van der Waals surface area contributed by atoms with Crippen LogP contribution in [0.1, 0.15) is 39.0 Å². The van der Waals surface area contributed by atoms with Crippen LogP contribution < -0.4 is 0 Å². The highest BCUT2D eigenvalue weighted by molar-refractivity contribution is 5.92. The summed E-state index contributed by atoms with van der Waals surface area (Å²) in [5, 5.41) is 21.5. The molecule has 4 aliphatic carbocycles. The SMILES string of the molecule is C[C@]12CC[C@H]3[C@@H](C=CC4=CC(=O)CC[C@@H]43)[C@@H]1C[C@@H](O)[C@]2(O)C(=O)CF. The minimum Gasteiger partial charge on any atom is -0.390 e. The molecule has 0 aromatic rings. The molecule has 2 N–H and O–H groups in total. The van der Waals surface area contributed by atoms with Crippen molar-refractivity contribution in [3.05, 3.63) is 23.8 Å². The van der Waals surface area contributed by atoms with Crippen molar-refractivity contribution in [2.75, 3.05) is 6.67 Å². The summed E-state index contributed by atoms with van der Waals surface area (Å²) in [5.74, 6) is 0.0565. The summed E-state index contributed by atoms with van der Waals surface area (Å²) in [6, 6.07) is 0. The third-order valence-corrected chi connectivity index (χ3v) is 7.64. The van der Waals surface area contributed by atoms with Crippen LogP contribution in [0.2, 0.25) is 0 Å². The molecular formula is C20H25FO4. The van der Waals surface area contributed by atoms with Crippen molar-refractivity contribution < 1.29 is 24.2 Å². The van der Waals surface area contributed by atoms with Gasteiger partial charge in [-0.2, -0.15) is 0 Å². The van der Waals surface area contributed by atoms with Gasteiger partial charge in [0.25, 0.3) is 0 Å². The van der Waals surface area contributed by atoms with Gasteiger partial charge in [0.15, 0.2) is 23.8 Å². The first-order chi connectivity index (χ1) is 11.8. The van der Waals surface area contributed by atoms with Gasteiger partial charge in [0.05, 0.1) is 6.10 Å². The van der Waals surface area contributed by atoms with Crippen LogP contribution in [-0.4, -0.2) is 40.2 Å². The Morgan fingerprint density at radius 2 is 2.16 bits per heavy atom. The number of carbonyl (C=O) groups excluding carboxylic acids is 2. The second-order valence-corrected chi connectivity index (χ2v) is 8.49. The average Bonchev–Trinajstić information content (AvgIpc) is 2.81. The number of hydrogen-bond acceptors (Lipinski definition) is 4. The Hall–Kier alpha value is -1.33. The summed E-state index contributed by atoms with van der Waals surface area (Å²) < 4.78 is 13.1. The molecule has 0 aromatic carbocycles. The van der Waals surface area contributed by atoms with Crippen molar-refractivity contribution >= 4 is 11.6 Å². The summed E-state index contributed by atoms with van der Waals surface area (Å²) >= 11 is 0. The van der Waals surface area contributed by atoms with E-state index in [0.717, 1.165) is 18.4 Å². The molecule has 0 spiro atoms. The molecule has 0 aliphatic heterocycles. The molecular weight excluding hydrogens is 323 g/mol. The predicted octanol–water partition coefficient (Wildman–Crippen LogP) is 2.14. The number of aliphatic hydroxyl groups is 2. The Labute approximate surface area is 146 Å². The third-order valence-electron chi connectivity index (χ3n) is 7.64. The Morgan fingerprint density at radius 1 is 1.40 bits per heavy atom. The summed E-state index contributed by atoms with van der Waals surface area (Å²) in [5.41, 5.74) is -1.72. The lowest BCUT2D eigenvalue weighted by Crippen LogP contribution is -2.59. The van der Waals surface area contributed by atoms with E-state index in [4.69, 9.17) is 0 Å². The molecule has 136 valence electrons. The van der Waals surface area contributed by atoms with E-state index in [2.05, 4.69) is 6.08 Å². The molecule has 0 amide bonds. The molecule has 0 unspecified atom stereocenters. The number of allylic oxidation sites excluding steroid dienone is 4. The number of Topliss-reactive ketones (excluding diaryl/α,β-unsaturated/α-hetero) is 1. The Bertz CT molecular complexity index is 683. The van der Waals surface area contributed by atoms with Crippen molar-refractivity contribution in [2.45, 2.75) is 50.7 Å². The first kappa shape index (κ1) is 17.1. The lowest BCUT2D eigenvalue weighted by Gasteiger charge is -2.53. The zero-order chi connectivity index (χ0) is 18.0. The van der Waals surface area contributed by atoms with Crippen LogP contribution in [0.25, 0.3) is 0 Å². The molecule has 0 heterocycles. The monoisotopic (exact) mass is 348 g/mol. The summed E-state index contributed by atoms with van der Waals surface area (Å²) in [7, 11) is 0. The molecule has 4 rings (SSSR count). The van der Waals surface area contributed by atoms with E-state index in [1.807, 2.05) is 13.0 Å². The zero-order valence-corrected chi connectivity index (χ0v) is 14.5. The topological polar surface area (TPSA) is 74.6 Å². The van der Waals surface area contributed by atoms with Gasteiger partial charge in [0.1, 0.15) is 0 Å². The molecule has 0 bridgehead atoms. The largest absolute Gasteiger partial charge is 0.390 e. The molecule has 0 aromatic heterocycles. The van der Waals surface area contributed by atoms with E-state index in [1.54, 1.807) is 6.08 Å². The molecule has 4 nitrogen and oxygen atoms in total. The molecule has 2 fully saturated rings. The minimum atomic E-state index is -2.00. The van der Waals surface area contributed by atoms with E-state index in [1.165, 1.54) is 0 Å². The van der Waals surface area contributed by atoms with Crippen molar-refractivity contribution in [2.24, 2.45) is 29.1 Å². The second kappa shape index (κ2) is 5.58.